The van der Waals surface area contributed by atoms with Gasteiger partial charge in [-0.1, -0.05) is 12.1 Å². The Labute approximate surface area is 161 Å². The molecule has 2 rings (SSSR count). The molecule has 1 atom stereocenters. The maximum atomic E-state index is 12.2. The smallest absolute Gasteiger partial charge is 0.387 e. The first-order valence-electron chi connectivity index (χ1n) is 8.60. The predicted molar refractivity (Wildman–Crippen MR) is 97.5 cm³/mol. The number of nitrogens with zero attached hydrogens (tertiary/aromatic N) is 1. The first kappa shape index (κ1) is 21.8. The minimum Gasteiger partial charge on any atom is -0.452 e. The molecule has 7 nitrogen and oxygen atoms in total. The summed E-state index contributed by atoms with van der Waals surface area (Å²) >= 11 is 0. The van der Waals surface area contributed by atoms with Crippen LogP contribution in [0.25, 0.3) is 6.08 Å². The van der Waals surface area contributed by atoms with Crippen molar-refractivity contribution in [3.63, 3.8) is 0 Å². The molecule has 1 aromatic rings. The highest BCUT2D eigenvalue weighted by molar-refractivity contribution is 7.91. The lowest BCUT2D eigenvalue weighted by Crippen LogP contribution is -2.43. The summed E-state index contributed by atoms with van der Waals surface area (Å²) in [6.07, 6.45) is 2.88. The Balaban J connectivity index is 1.83. The molecule has 0 spiro atoms. The van der Waals surface area contributed by atoms with Crippen LogP contribution in [0.1, 0.15) is 18.9 Å². The molecule has 1 aliphatic rings. The molecule has 28 heavy (non-hydrogen) atoms. The Kier molecular flexibility index (Phi) is 7.50. The number of sulfone groups is 1. The Morgan fingerprint density at radius 1 is 1.29 bits per heavy atom. The van der Waals surface area contributed by atoms with Gasteiger partial charge in [0.25, 0.3) is 5.91 Å². The van der Waals surface area contributed by atoms with Crippen LogP contribution in [0.15, 0.2) is 30.3 Å². The first-order chi connectivity index (χ1) is 13.2. The number of rotatable bonds is 8. The van der Waals surface area contributed by atoms with Gasteiger partial charge >= 0.3 is 12.6 Å². The number of carbonyl (C=O) groups excluding carboxylic acids is 2. The van der Waals surface area contributed by atoms with Crippen LogP contribution >= 0.6 is 0 Å². The third kappa shape index (κ3) is 6.59. The van der Waals surface area contributed by atoms with E-state index in [9.17, 15) is 26.8 Å². The van der Waals surface area contributed by atoms with Gasteiger partial charge in [0.1, 0.15) is 5.75 Å². The number of likely N-dealkylation sites (N-methyl/N-ethyl adjacent to an activating group) is 1. The van der Waals surface area contributed by atoms with Gasteiger partial charge in [-0.3, -0.25) is 4.79 Å². The van der Waals surface area contributed by atoms with Crippen LogP contribution in [0.3, 0.4) is 0 Å². The maximum Gasteiger partial charge on any atom is 0.387 e. The molecule has 0 saturated carbocycles. The number of benzene rings is 1. The summed E-state index contributed by atoms with van der Waals surface area (Å²) in [5, 5.41) is 0. The fraction of sp³-hybridized carbons (Fsp3) is 0.444. The topological polar surface area (TPSA) is 90.0 Å². The van der Waals surface area contributed by atoms with Gasteiger partial charge < -0.3 is 14.4 Å². The lowest BCUT2D eigenvalue weighted by Gasteiger charge is -2.26. The molecule has 1 aliphatic heterocycles. The Hall–Kier alpha value is -2.49. The van der Waals surface area contributed by atoms with Crippen molar-refractivity contribution < 1.29 is 36.3 Å². The number of amides is 1. The van der Waals surface area contributed by atoms with Crippen LogP contribution in [0.5, 0.6) is 5.75 Å². The van der Waals surface area contributed by atoms with Gasteiger partial charge in [0.05, 0.1) is 11.5 Å². The normalized spacial score (nSPS) is 18.4. The Morgan fingerprint density at radius 2 is 1.96 bits per heavy atom. The van der Waals surface area contributed by atoms with Gasteiger partial charge in [-0.15, -0.1) is 0 Å². The largest absolute Gasteiger partial charge is 0.452 e. The van der Waals surface area contributed by atoms with Gasteiger partial charge in [0.2, 0.25) is 0 Å². The van der Waals surface area contributed by atoms with Crippen LogP contribution in [0.4, 0.5) is 8.78 Å². The number of ether oxygens (including phenoxy) is 2. The monoisotopic (exact) mass is 417 g/mol. The molecule has 10 heteroatoms. The average molecular weight is 417 g/mol. The number of esters is 1. The van der Waals surface area contributed by atoms with E-state index >= 15 is 0 Å². The summed E-state index contributed by atoms with van der Waals surface area (Å²) in [5.74, 6) is -1.25. The van der Waals surface area contributed by atoms with Crippen molar-refractivity contribution in [3.05, 3.63) is 35.9 Å². The molecule has 1 amide bonds. The molecule has 0 radical (unpaired) electrons. The summed E-state index contributed by atoms with van der Waals surface area (Å²) in [5.41, 5.74) is 0.552. The van der Waals surface area contributed by atoms with E-state index in [4.69, 9.17) is 4.74 Å². The molecule has 0 aliphatic carbocycles. The highest BCUT2D eigenvalue weighted by Gasteiger charge is 2.34. The second-order valence-corrected chi connectivity index (χ2v) is 8.35. The molecule has 0 N–H and O–H groups in total. The van der Waals surface area contributed by atoms with Crippen molar-refractivity contribution >= 4 is 27.8 Å². The van der Waals surface area contributed by atoms with Crippen LogP contribution < -0.4 is 4.74 Å². The average Bonchev–Trinajstić information content (AvgIpc) is 2.99. The van der Waals surface area contributed by atoms with E-state index in [1.807, 2.05) is 0 Å². The highest BCUT2D eigenvalue weighted by Crippen LogP contribution is 2.18. The molecule has 1 heterocycles. The molecular weight excluding hydrogens is 396 g/mol. The molecule has 0 aromatic heterocycles. The van der Waals surface area contributed by atoms with Crippen molar-refractivity contribution in [1.29, 1.82) is 0 Å². The number of carbonyl (C=O) groups is 2. The number of alkyl halides is 2. The van der Waals surface area contributed by atoms with Gasteiger partial charge in [-0.2, -0.15) is 8.78 Å². The maximum absolute atomic E-state index is 12.2. The SMILES string of the molecule is CCN(C(=O)COC(=O)/C=C\c1ccc(OC(F)F)cc1)[C@@H]1CCS(=O)(=O)C1. The van der Waals surface area contributed by atoms with Crippen molar-refractivity contribution in [2.75, 3.05) is 24.7 Å². The van der Waals surface area contributed by atoms with Crippen molar-refractivity contribution in [2.24, 2.45) is 0 Å². The zero-order valence-corrected chi connectivity index (χ0v) is 16.0. The standard InChI is InChI=1S/C18H21F2NO6S/c1-2-21(14-9-10-28(24,25)12-14)16(22)11-26-17(23)8-5-13-3-6-15(7-4-13)27-18(19)20/h3-8,14,18H,2,9-12H2,1H3/b8-5-/t14-/m1/s1. The van der Waals surface area contributed by atoms with E-state index in [0.717, 1.165) is 6.08 Å². The zero-order chi connectivity index (χ0) is 20.7. The van der Waals surface area contributed by atoms with Gasteiger partial charge in [-0.05, 0) is 37.1 Å². The first-order valence-corrected chi connectivity index (χ1v) is 10.4. The predicted octanol–water partition coefficient (Wildman–Crippen LogP) is 1.88. The van der Waals surface area contributed by atoms with Gasteiger partial charge in [0.15, 0.2) is 16.4 Å². The lowest BCUT2D eigenvalue weighted by atomic mass is 10.2. The van der Waals surface area contributed by atoms with Crippen LogP contribution in [0, 0.1) is 0 Å². The van der Waals surface area contributed by atoms with E-state index < -0.39 is 41.0 Å². The lowest BCUT2D eigenvalue weighted by molar-refractivity contribution is -0.149. The van der Waals surface area contributed by atoms with Crippen molar-refractivity contribution in [3.8, 4) is 5.75 Å². The van der Waals surface area contributed by atoms with Crippen molar-refractivity contribution in [2.45, 2.75) is 26.0 Å². The summed E-state index contributed by atoms with van der Waals surface area (Å²) in [6.45, 7) is -1.36. The summed E-state index contributed by atoms with van der Waals surface area (Å²) in [7, 11) is -3.13. The minimum absolute atomic E-state index is 0.00564. The third-order valence-electron chi connectivity index (χ3n) is 4.17. The molecule has 154 valence electrons. The molecule has 1 aromatic carbocycles. The van der Waals surface area contributed by atoms with Crippen molar-refractivity contribution in [1.82, 2.24) is 4.90 Å². The molecule has 0 unspecified atom stereocenters. The summed E-state index contributed by atoms with van der Waals surface area (Å²) in [6, 6.07) is 5.22. The molecule has 0 bridgehead atoms. The second-order valence-electron chi connectivity index (χ2n) is 6.13. The van der Waals surface area contributed by atoms with E-state index in [1.165, 1.54) is 35.2 Å². The van der Waals surface area contributed by atoms with E-state index in [0.29, 0.717) is 18.5 Å². The van der Waals surface area contributed by atoms with Crippen LogP contribution in [0.2, 0.25) is 0 Å². The fourth-order valence-corrected chi connectivity index (χ4v) is 4.58. The molecule has 1 saturated heterocycles. The van der Waals surface area contributed by atoms with Gasteiger partial charge in [0, 0.05) is 18.7 Å². The number of hydrogen-bond donors (Lipinski definition) is 0. The highest BCUT2D eigenvalue weighted by atomic mass is 32.2. The zero-order valence-electron chi connectivity index (χ0n) is 15.2. The van der Waals surface area contributed by atoms with E-state index in [2.05, 4.69) is 4.74 Å². The fourth-order valence-electron chi connectivity index (χ4n) is 2.85. The summed E-state index contributed by atoms with van der Waals surface area (Å²) < 4.78 is 56.4. The molecule has 1 fully saturated rings. The number of halogens is 2. The minimum atomic E-state index is -3.13. The third-order valence-corrected chi connectivity index (χ3v) is 5.92. The Morgan fingerprint density at radius 3 is 2.50 bits per heavy atom. The van der Waals surface area contributed by atoms with Gasteiger partial charge in [-0.25, -0.2) is 13.2 Å². The van der Waals surface area contributed by atoms with E-state index in [1.54, 1.807) is 6.92 Å². The van der Waals surface area contributed by atoms with Crippen LogP contribution in [-0.4, -0.2) is 62.5 Å². The number of hydrogen-bond acceptors (Lipinski definition) is 6. The Bertz CT molecular complexity index is 823. The van der Waals surface area contributed by atoms with Crippen LogP contribution in [-0.2, 0) is 24.2 Å². The summed E-state index contributed by atoms with van der Waals surface area (Å²) in [4.78, 5) is 25.4. The second kappa shape index (κ2) is 9.63. The quantitative estimate of drug-likeness (QED) is 0.474. The van der Waals surface area contributed by atoms with E-state index in [-0.39, 0.29) is 17.3 Å². The molecular formula is C18H21F2NO6S.